The molecule has 0 radical (unpaired) electrons. The number of halogens is 1. The molecule has 0 spiro atoms. The van der Waals surface area contributed by atoms with Crippen LogP contribution in [-0.4, -0.2) is 139 Å². The van der Waals surface area contributed by atoms with Gasteiger partial charge in [0.25, 0.3) is 0 Å². The summed E-state index contributed by atoms with van der Waals surface area (Å²) in [5, 5.41) is 48.7. The third kappa shape index (κ3) is 8.02. The number of hydrogen-bond donors (Lipinski definition) is 9. The lowest BCUT2D eigenvalue weighted by Crippen LogP contribution is -2.67. The number of aliphatic imine (C=N–C) groups is 1. The summed E-state index contributed by atoms with van der Waals surface area (Å²) in [6.07, 6.45) is -6.81. The average Bonchev–Trinajstić information content (AvgIpc) is 2.87. The van der Waals surface area contributed by atoms with E-state index in [0.29, 0.717) is 19.4 Å². The molecule has 0 aromatic heterocycles. The maximum Gasteiger partial charge on any atom is 0.185 e. The first-order chi connectivity index (χ1) is 18.4. The highest BCUT2D eigenvalue weighted by Crippen LogP contribution is 2.33. The normalized spacial score (nSPS) is 44.8. The zero-order valence-corrected chi connectivity index (χ0v) is 22.9. The number of likely N-dealkylation sites (N-methyl/N-ethyl adjacent to an activating group) is 1. The molecule has 39 heavy (non-hydrogen) atoms. The second kappa shape index (κ2) is 14.2. The molecule has 12 N–H and O–H groups in total. The van der Waals surface area contributed by atoms with E-state index in [4.69, 9.17) is 36.1 Å². The van der Waals surface area contributed by atoms with E-state index in [0.717, 1.165) is 0 Å². The second-order valence-corrected chi connectivity index (χ2v) is 10.9. The van der Waals surface area contributed by atoms with Gasteiger partial charge in [-0.05, 0) is 40.2 Å². The van der Waals surface area contributed by atoms with Crippen LogP contribution in [0.4, 0.5) is 4.39 Å². The average molecular weight is 567 g/mol. The molecule has 0 aromatic rings. The first kappa shape index (κ1) is 32.4. The summed E-state index contributed by atoms with van der Waals surface area (Å²) in [5.41, 5.74) is 17.2. The quantitative estimate of drug-likeness (QED) is 0.0669. The Bertz CT molecular complexity index is 798. The van der Waals surface area contributed by atoms with E-state index in [9.17, 15) is 24.8 Å². The van der Waals surface area contributed by atoms with Gasteiger partial charge in [-0.25, -0.2) is 4.39 Å². The standard InChI is InChI=1S/C24H47FN6O8/c1-11(32)21(28)31-15-8-14(27)18(38-22-13(26)5-4-12(37-22)9-30-7-6-25)16(33)19(15)39-23-17(34)20(29-3)24(2,35)10-36-23/h11-20,22-23,29-30,32-35H,4-10,26-27H2,1-3H3,(H2,28,31)/t11?,12-,13+,14-,15+,16-,17+,18+,19-,20+,22+,23+,24-/m0/s1. The van der Waals surface area contributed by atoms with Crippen LogP contribution in [0.2, 0.25) is 0 Å². The topological polar surface area (TPSA) is 232 Å². The van der Waals surface area contributed by atoms with Gasteiger partial charge in [0.15, 0.2) is 12.6 Å². The van der Waals surface area contributed by atoms with Gasteiger partial charge in [0, 0.05) is 19.1 Å². The van der Waals surface area contributed by atoms with Gasteiger partial charge in [0.05, 0.1) is 30.8 Å². The molecule has 1 aliphatic carbocycles. The fraction of sp³-hybridized carbons (Fsp3) is 0.958. The molecule has 14 nitrogen and oxygen atoms in total. The van der Waals surface area contributed by atoms with E-state index in [1.165, 1.54) is 13.8 Å². The molecule has 2 heterocycles. The largest absolute Gasteiger partial charge is 0.388 e. The van der Waals surface area contributed by atoms with Crippen LogP contribution < -0.4 is 27.8 Å². The molecule has 228 valence electrons. The van der Waals surface area contributed by atoms with Gasteiger partial charge in [0.1, 0.15) is 48.6 Å². The van der Waals surface area contributed by atoms with Crippen LogP contribution in [-0.2, 0) is 18.9 Å². The van der Waals surface area contributed by atoms with Crippen LogP contribution in [0.5, 0.6) is 0 Å². The molecule has 3 fully saturated rings. The first-order valence-electron chi connectivity index (χ1n) is 13.5. The molecule has 13 atom stereocenters. The van der Waals surface area contributed by atoms with Crippen molar-refractivity contribution in [3.63, 3.8) is 0 Å². The molecular formula is C24H47FN6O8. The summed E-state index contributed by atoms with van der Waals surface area (Å²) in [7, 11) is 1.59. The molecule has 3 rings (SSSR count). The highest BCUT2D eigenvalue weighted by molar-refractivity contribution is 5.84. The molecular weight excluding hydrogens is 519 g/mol. The molecule has 1 unspecified atom stereocenters. The molecule has 2 aliphatic heterocycles. The summed E-state index contributed by atoms with van der Waals surface area (Å²) in [6, 6.07) is -2.81. The van der Waals surface area contributed by atoms with E-state index >= 15 is 0 Å². The van der Waals surface area contributed by atoms with Crippen LogP contribution in [0.1, 0.15) is 33.1 Å². The highest BCUT2D eigenvalue weighted by atomic mass is 19.1. The number of nitrogens with zero attached hydrogens (tertiary/aromatic N) is 1. The highest BCUT2D eigenvalue weighted by Gasteiger charge is 2.51. The van der Waals surface area contributed by atoms with Crippen LogP contribution in [0.3, 0.4) is 0 Å². The minimum atomic E-state index is -1.38. The minimum Gasteiger partial charge on any atom is -0.388 e. The Labute approximate surface area is 228 Å². The van der Waals surface area contributed by atoms with Crippen molar-refractivity contribution in [2.24, 2.45) is 22.2 Å². The third-order valence-corrected chi connectivity index (χ3v) is 7.60. The minimum absolute atomic E-state index is 0.0743. The van der Waals surface area contributed by atoms with Crippen LogP contribution >= 0.6 is 0 Å². The maximum absolute atomic E-state index is 12.5. The molecule has 0 bridgehead atoms. The number of amidine groups is 1. The number of rotatable bonds is 11. The third-order valence-electron chi connectivity index (χ3n) is 7.60. The molecule has 3 aliphatic rings. The van der Waals surface area contributed by atoms with Crippen molar-refractivity contribution >= 4 is 5.84 Å². The number of nitrogens with one attached hydrogen (secondary N) is 2. The Balaban J connectivity index is 1.79. The van der Waals surface area contributed by atoms with Crippen molar-refractivity contribution < 1.29 is 43.8 Å². The van der Waals surface area contributed by atoms with Crippen LogP contribution in [0.15, 0.2) is 4.99 Å². The van der Waals surface area contributed by atoms with Crippen molar-refractivity contribution in [3.05, 3.63) is 0 Å². The van der Waals surface area contributed by atoms with Gasteiger partial charge in [0.2, 0.25) is 0 Å². The Morgan fingerprint density at radius 3 is 2.49 bits per heavy atom. The fourth-order valence-corrected chi connectivity index (χ4v) is 5.35. The van der Waals surface area contributed by atoms with Crippen molar-refractivity contribution in [1.82, 2.24) is 10.6 Å². The van der Waals surface area contributed by atoms with Crippen molar-refractivity contribution in [3.8, 4) is 0 Å². The van der Waals surface area contributed by atoms with E-state index < -0.39 is 79.5 Å². The summed E-state index contributed by atoms with van der Waals surface area (Å²) in [6.45, 7) is 2.97. The molecule has 0 aromatic carbocycles. The van der Waals surface area contributed by atoms with Gasteiger partial charge >= 0.3 is 0 Å². The van der Waals surface area contributed by atoms with Crippen molar-refractivity contribution in [2.75, 3.05) is 33.4 Å². The number of aliphatic hydroxyl groups excluding tert-OH is 3. The fourth-order valence-electron chi connectivity index (χ4n) is 5.35. The molecule has 0 amide bonds. The number of ether oxygens (including phenoxy) is 4. The Morgan fingerprint density at radius 1 is 1.15 bits per heavy atom. The number of hydrogen-bond acceptors (Lipinski definition) is 13. The van der Waals surface area contributed by atoms with Gasteiger partial charge in [-0.15, -0.1) is 0 Å². The molecule has 15 heteroatoms. The van der Waals surface area contributed by atoms with E-state index in [-0.39, 0.29) is 31.5 Å². The Morgan fingerprint density at radius 2 is 1.85 bits per heavy atom. The van der Waals surface area contributed by atoms with E-state index in [2.05, 4.69) is 15.6 Å². The lowest BCUT2D eigenvalue weighted by atomic mass is 9.83. The zero-order chi connectivity index (χ0) is 28.9. The lowest BCUT2D eigenvalue weighted by Gasteiger charge is -2.48. The van der Waals surface area contributed by atoms with Gasteiger partial charge in [-0.1, -0.05) is 0 Å². The summed E-state index contributed by atoms with van der Waals surface area (Å²) in [4.78, 5) is 4.35. The van der Waals surface area contributed by atoms with Gasteiger partial charge < -0.3 is 67.2 Å². The monoisotopic (exact) mass is 566 g/mol. The Hall–Kier alpha value is -1.08. The maximum atomic E-state index is 12.5. The van der Waals surface area contributed by atoms with Crippen molar-refractivity contribution in [2.45, 2.75) is 112 Å². The first-order valence-corrected chi connectivity index (χ1v) is 13.5. The van der Waals surface area contributed by atoms with Gasteiger partial charge in [-0.3, -0.25) is 4.99 Å². The summed E-state index contributed by atoms with van der Waals surface area (Å²) >= 11 is 0. The summed E-state index contributed by atoms with van der Waals surface area (Å²) < 4.78 is 36.3. The second-order valence-electron chi connectivity index (χ2n) is 10.9. The Kier molecular flexibility index (Phi) is 11.8. The van der Waals surface area contributed by atoms with E-state index in [1.54, 1.807) is 7.05 Å². The summed E-state index contributed by atoms with van der Waals surface area (Å²) in [5.74, 6) is -0.0743. The number of alkyl halides is 1. The van der Waals surface area contributed by atoms with Crippen LogP contribution in [0, 0.1) is 0 Å². The molecule has 1 saturated carbocycles. The SMILES string of the molecule is CN[C@@H]1[C@@H](O)[C@@H](O[C@@H]2[C@@H](O)[C@H](O[C@H]3O[C@H](CNCCF)CC[C@H]3N)[C@@H](N)C[C@H]2N=C(N)C(C)O)OC[C@]1(C)O. The molecule has 2 saturated heterocycles. The van der Waals surface area contributed by atoms with Crippen LogP contribution in [0.25, 0.3) is 0 Å². The zero-order valence-electron chi connectivity index (χ0n) is 22.9. The van der Waals surface area contributed by atoms with Gasteiger partial charge in [-0.2, -0.15) is 0 Å². The number of nitrogens with two attached hydrogens (primary N) is 3. The van der Waals surface area contributed by atoms with E-state index in [1.807, 2.05) is 0 Å². The smallest absolute Gasteiger partial charge is 0.185 e. The number of aliphatic hydroxyl groups is 4. The predicted octanol–water partition coefficient (Wildman–Crippen LogP) is -3.60. The lowest BCUT2D eigenvalue weighted by molar-refractivity contribution is -0.306. The van der Waals surface area contributed by atoms with Crippen molar-refractivity contribution in [1.29, 1.82) is 0 Å². The predicted molar refractivity (Wildman–Crippen MR) is 139 cm³/mol.